The smallest absolute Gasteiger partial charge is 0.0688 e. The van der Waals surface area contributed by atoms with Gasteiger partial charge < -0.3 is 4.74 Å². The van der Waals surface area contributed by atoms with Crippen LogP contribution in [-0.4, -0.2) is 19.3 Å². The first-order valence-corrected chi connectivity index (χ1v) is 6.60. The molecule has 1 aliphatic carbocycles. The van der Waals surface area contributed by atoms with E-state index in [-0.39, 0.29) is 11.5 Å². The zero-order valence-electron chi connectivity index (χ0n) is 11.1. The molecule has 0 bridgehead atoms. The first-order chi connectivity index (χ1) is 7.97. The van der Waals surface area contributed by atoms with Crippen LogP contribution in [0.1, 0.15) is 46.5 Å². The summed E-state index contributed by atoms with van der Waals surface area (Å²) in [5.41, 5.74) is 9.12. The molecule has 2 fully saturated rings. The summed E-state index contributed by atoms with van der Waals surface area (Å²) < 4.78 is 5.83. The third-order valence-corrected chi connectivity index (χ3v) is 4.40. The van der Waals surface area contributed by atoms with Crippen LogP contribution < -0.4 is 0 Å². The second kappa shape index (κ2) is 4.51. The molecule has 2 rings (SSSR count). The third-order valence-electron chi connectivity index (χ3n) is 4.40. The first-order valence-electron chi connectivity index (χ1n) is 6.60. The number of rotatable bonds is 2. The molecular formula is C13H23N3O. The van der Waals surface area contributed by atoms with E-state index in [0.29, 0.717) is 12.0 Å². The molecule has 1 aliphatic heterocycles. The Morgan fingerprint density at radius 1 is 1.41 bits per heavy atom. The fourth-order valence-electron chi connectivity index (χ4n) is 4.34. The monoisotopic (exact) mass is 237 g/mol. The van der Waals surface area contributed by atoms with Gasteiger partial charge in [0.1, 0.15) is 0 Å². The van der Waals surface area contributed by atoms with Crippen molar-refractivity contribution in [2.75, 3.05) is 13.2 Å². The van der Waals surface area contributed by atoms with Crippen LogP contribution in [0.4, 0.5) is 0 Å². The lowest BCUT2D eigenvalue weighted by atomic mass is 9.58. The summed E-state index contributed by atoms with van der Waals surface area (Å²) >= 11 is 0. The van der Waals surface area contributed by atoms with Crippen LogP contribution in [0.25, 0.3) is 10.4 Å². The van der Waals surface area contributed by atoms with Crippen LogP contribution in [0.3, 0.4) is 0 Å². The van der Waals surface area contributed by atoms with Gasteiger partial charge in [-0.25, -0.2) is 0 Å². The molecule has 17 heavy (non-hydrogen) atoms. The van der Waals surface area contributed by atoms with Gasteiger partial charge in [-0.1, -0.05) is 25.9 Å². The van der Waals surface area contributed by atoms with E-state index in [1.807, 2.05) is 0 Å². The Balaban J connectivity index is 2.18. The predicted molar refractivity (Wildman–Crippen MR) is 67.6 cm³/mol. The summed E-state index contributed by atoms with van der Waals surface area (Å²) in [5, 5.41) is 3.73. The largest absolute Gasteiger partial charge is 0.377 e. The summed E-state index contributed by atoms with van der Waals surface area (Å²) in [5.74, 6) is 0.744. The van der Waals surface area contributed by atoms with Gasteiger partial charge in [-0.15, -0.1) is 0 Å². The Hall–Kier alpha value is -0.730. The van der Waals surface area contributed by atoms with Crippen molar-refractivity contribution in [3.8, 4) is 0 Å². The average Bonchev–Trinajstić information content (AvgIpc) is 2.53. The van der Waals surface area contributed by atoms with Gasteiger partial charge in [-0.05, 0) is 48.0 Å². The van der Waals surface area contributed by atoms with E-state index in [9.17, 15) is 0 Å². The highest BCUT2D eigenvalue weighted by molar-refractivity contribution is 5.00. The van der Waals surface area contributed by atoms with Gasteiger partial charge in [0.25, 0.3) is 0 Å². The molecule has 4 heteroatoms. The van der Waals surface area contributed by atoms with Crippen molar-refractivity contribution in [3.05, 3.63) is 10.4 Å². The fourth-order valence-corrected chi connectivity index (χ4v) is 4.34. The molecular weight excluding hydrogens is 214 g/mol. The maximum Gasteiger partial charge on any atom is 0.0688 e. The quantitative estimate of drug-likeness (QED) is 0.408. The van der Waals surface area contributed by atoms with Crippen molar-refractivity contribution in [1.29, 1.82) is 0 Å². The molecule has 1 saturated heterocycles. The summed E-state index contributed by atoms with van der Waals surface area (Å²) in [6, 6.07) is 0. The minimum Gasteiger partial charge on any atom is -0.377 e. The van der Waals surface area contributed by atoms with E-state index >= 15 is 0 Å². The molecule has 0 aromatic heterocycles. The SMILES string of the molecule is CC1CC(C)(C)CC2(CCOC2CN=[N+]=[N-])C1. The van der Waals surface area contributed by atoms with E-state index in [4.69, 9.17) is 10.3 Å². The van der Waals surface area contributed by atoms with Crippen molar-refractivity contribution in [2.45, 2.75) is 52.6 Å². The molecule has 0 aromatic carbocycles. The zero-order valence-corrected chi connectivity index (χ0v) is 11.1. The van der Waals surface area contributed by atoms with Gasteiger partial charge in [0.15, 0.2) is 0 Å². The van der Waals surface area contributed by atoms with Crippen molar-refractivity contribution in [2.24, 2.45) is 21.9 Å². The van der Waals surface area contributed by atoms with Crippen LogP contribution in [0.2, 0.25) is 0 Å². The molecule has 0 radical (unpaired) electrons. The van der Waals surface area contributed by atoms with E-state index < -0.39 is 0 Å². The Morgan fingerprint density at radius 3 is 2.82 bits per heavy atom. The van der Waals surface area contributed by atoms with Crippen molar-refractivity contribution >= 4 is 0 Å². The molecule has 3 atom stereocenters. The first kappa shape index (κ1) is 12.7. The van der Waals surface area contributed by atoms with Gasteiger partial charge in [0.05, 0.1) is 12.6 Å². The van der Waals surface area contributed by atoms with E-state index in [2.05, 4.69) is 30.8 Å². The van der Waals surface area contributed by atoms with Crippen LogP contribution in [0, 0.1) is 16.7 Å². The molecule has 4 nitrogen and oxygen atoms in total. The molecule has 2 aliphatic rings. The maximum absolute atomic E-state index is 8.47. The highest BCUT2D eigenvalue weighted by Crippen LogP contribution is 2.55. The highest BCUT2D eigenvalue weighted by Gasteiger charge is 2.50. The zero-order chi connectivity index (χ0) is 12.5. The Morgan fingerprint density at radius 2 is 2.18 bits per heavy atom. The van der Waals surface area contributed by atoms with E-state index in [1.54, 1.807) is 0 Å². The second-order valence-corrected chi connectivity index (χ2v) is 6.74. The van der Waals surface area contributed by atoms with Gasteiger partial charge in [-0.3, -0.25) is 0 Å². The minimum absolute atomic E-state index is 0.139. The molecule has 96 valence electrons. The number of hydrogen-bond acceptors (Lipinski definition) is 2. The van der Waals surface area contributed by atoms with Crippen molar-refractivity contribution < 1.29 is 4.74 Å². The van der Waals surface area contributed by atoms with Crippen LogP contribution in [-0.2, 0) is 4.74 Å². The molecule has 0 aromatic rings. The number of azide groups is 1. The molecule has 1 saturated carbocycles. The normalized spacial score (nSPS) is 40.2. The second-order valence-electron chi connectivity index (χ2n) is 6.74. The van der Waals surface area contributed by atoms with Gasteiger partial charge in [-0.2, -0.15) is 0 Å². The van der Waals surface area contributed by atoms with Crippen molar-refractivity contribution in [1.82, 2.24) is 0 Å². The summed E-state index contributed by atoms with van der Waals surface area (Å²) in [7, 11) is 0. The van der Waals surface area contributed by atoms with E-state index in [0.717, 1.165) is 18.9 Å². The van der Waals surface area contributed by atoms with Crippen LogP contribution >= 0.6 is 0 Å². The van der Waals surface area contributed by atoms with Crippen LogP contribution in [0.5, 0.6) is 0 Å². The van der Waals surface area contributed by atoms with E-state index in [1.165, 1.54) is 19.3 Å². The number of hydrogen-bond donors (Lipinski definition) is 0. The standard InChI is InChI=1S/C13H23N3O/c1-10-6-12(2,3)9-13(7-10)4-5-17-11(13)8-15-16-14/h10-11H,4-9H2,1-3H3. The average molecular weight is 237 g/mol. The Labute approximate surface area is 103 Å². The minimum atomic E-state index is 0.139. The summed E-state index contributed by atoms with van der Waals surface area (Å²) in [4.78, 5) is 2.88. The van der Waals surface area contributed by atoms with Gasteiger partial charge in [0.2, 0.25) is 0 Å². The Bertz CT molecular complexity index is 336. The maximum atomic E-state index is 8.47. The number of ether oxygens (including phenoxy) is 1. The predicted octanol–water partition coefficient (Wildman–Crippen LogP) is 3.92. The number of nitrogens with zero attached hydrogens (tertiary/aromatic N) is 3. The fraction of sp³-hybridized carbons (Fsp3) is 1.00. The molecule has 0 amide bonds. The van der Waals surface area contributed by atoms with Gasteiger partial charge >= 0.3 is 0 Å². The lowest BCUT2D eigenvalue weighted by Gasteiger charge is -2.47. The van der Waals surface area contributed by atoms with Crippen LogP contribution in [0.15, 0.2) is 5.11 Å². The lowest BCUT2D eigenvalue weighted by Crippen LogP contribution is -2.43. The summed E-state index contributed by atoms with van der Waals surface area (Å²) in [6.45, 7) is 8.38. The summed E-state index contributed by atoms with van der Waals surface area (Å²) in [6.07, 6.45) is 4.99. The molecule has 1 spiro atoms. The highest BCUT2D eigenvalue weighted by atomic mass is 16.5. The third kappa shape index (κ3) is 2.58. The topological polar surface area (TPSA) is 58.0 Å². The molecule has 3 unspecified atom stereocenters. The Kier molecular flexibility index (Phi) is 3.37. The lowest BCUT2D eigenvalue weighted by molar-refractivity contribution is -0.0179. The molecule has 1 heterocycles. The van der Waals surface area contributed by atoms with Gasteiger partial charge in [0, 0.05) is 11.5 Å². The molecule has 0 N–H and O–H groups in total. The van der Waals surface area contributed by atoms with Crippen molar-refractivity contribution in [3.63, 3.8) is 0 Å².